The fourth-order valence-corrected chi connectivity index (χ4v) is 4.44. The van der Waals surface area contributed by atoms with Crippen LogP contribution in [0.4, 0.5) is 5.13 Å². The molecule has 1 aromatic heterocycles. The molecule has 4 nitrogen and oxygen atoms in total. The van der Waals surface area contributed by atoms with Gasteiger partial charge in [-0.15, -0.1) is 0 Å². The molecule has 19 heavy (non-hydrogen) atoms. The summed E-state index contributed by atoms with van der Waals surface area (Å²) in [5, 5.41) is 0.382. The molecular weight excluding hydrogens is 348 g/mol. The van der Waals surface area contributed by atoms with E-state index in [2.05, 4.69) is 25.6 Å². The molecule has 0 fully saturated rings. The van der Waals surface area contributed by atoms with Gasteiger partial charge in [0, 0.05) is 0 Å². The van der Waals surface area contributed by atoms with Gasteiger partial charge in [-0.25, -0.2) is 13.4 Å². The summed E-state index contributed by atoms with van der Waals surface area (Å²) >= 11 is 4.50. The van der Waals surface area contributed by atoms with Crippen LogP contribution < -0.4 is 4.72 Å². The highest BCUT2D eigenvalue weighted by Crippen LogP contribution is 2.25. The van der Waals surface area contributed by atoms with Crippen molar-refractivity contribution in [2.75, 3.05) is 10.5 Å². The van der Waals surface area contributed by atoms with E-state index < -0.39 is 10.0 Å². The number of hydrogen-bond donors (Lipinski definition) is 1. The number of aromatic nitrogens is 1. The first kappa shape index (κ1) is 14.5. The Kier molecular flexibility index (Phi) is 4.59. The zero-order valence-electron chi connectivity index (χ0n) is 10.2. The lowest BCUT2D eigenvalue weighted by Crippen LogP contribution is -2.20. The Morgan fingerprint density at radius 2 is 2.05 bits per heavy atom. The van der Waals surface area contributed by atoms with Gasteiger partial charge in [-0.1, -0.05) is 48.6 Å². The summed E-state index contributed by atoms with van der Waals surface area (Å²) in [5.74, 6) is -0.0316. The number of anilines is 1. The summed E-state index contributed by atoms with van der Waals surface area (Å²) < 4.78 is 27.3. The topological polar surface area (TPSA) is 59.1 Å². The summed E-state index contributed by atoms with van der Waals surface area (Å²) in [4.78, 5) is 3.96. The largest absolute Gasteiger partial charge is 0.259 e. The van der Waals surface area contributed by atoms with Gasteiger partial charge >= 0.3 is 0 Å². The average molecular weight is 361 g/mol. The lowest BCUT2D eigenvalue weighted by molar-refractivity contribution is 0.595. The van der Waals surface area contributed by atoms with Crippen LogP contribution in [0.3, 0.4) is 0 Å². The van der Waals surface area contributed by atoms with E-state index >= 15 is 0 Å². The zero-order valence-corrected chi connectivity index (χ0v) is 13.4. The molecule has 1 unspecified atom stereocenters. The van der Waals surface area contributed by atoms with Crippen molar-refractivity contribution in [1.29, 1.82) is 0 Å². The Labute approximate surface area is 125 Å². The van der Waals surface area contributed by atoms with Gasteiger partial charge in [0.1, 0.15) is 0 Å². The number of nitrogens with zero attached hydrogens (tertiary/aromatic N) is 1. The fourth-order valence-electron chi connectivity index (χ4n) is 1.68. The molecule has 0 saturated carbocycles. The van der Waals surface area contributed by atoms with E-state index in [-0.39, 0.29) is 11.7 Å². The number of thiazole rings is 1. The van der Waals surface area contributed by atoms with Crippen LogP contribution in [-0.2, 0) is 10.0 Å². The van der Waals surface area contributed by atoms with Crippen LogP contribution in [-0.4, -0.2) is 19.2 Å². The van der Waals surface area contributed by atoms with Crippen LogP contribution in [0.25, 0.3) is 0 Å². The van der Waals surface area contributed by atoms with E-state index in [1.54, 1.807) is 6.20 Å². The fraction of sp³-hybridized carbons (Fsp3) is 0.250. The molecule has 102 valence electrons. The summed E-state index contributed by atoms with van der Waals surface area (Å²) in [7, 11) is -3.39. The molecule has 0 radical (unpaired) electrons. The molecule has 1 heterocycles. The molecule has 0 aliphatic carbocycles. The first-order valence-electron chi connectivity index (χ1n) is 5.63. The quantitative estimate of drug-likeness (QED) is 0.887. The molecule has 7 heteroatoms. The van der Waals surface area contributed by atoms with E-state index in [1.165, 1.54) is 11.3 Å². The maximum Gasteiger partial charge on any atom is 0.235 e. The number of sulfonamides is 1. The molecule has 1 aromatic carbocycles. The van der Waals surface area contributed by atoms with Crippen molar-refractivity contribution in [3.05, 3.63) is 45.9 Å². The summed E-state index contributed by atoms with van der Waals surface area (Å²) in [6.45, 7) is 1.90. The van der Waals surface area contributed by atoms with Crippen molar-refractivity contribution in [1.82, 2.24) is 4.98 Å². The first-order valence-corrected chi connectivity index (χ1v) is 8.89. The second-order valence-corrected chi connectivity index (χ2v) is 8.34. The molecule has 0 saturated heterocycles. The van der Waals surface area contributed by atoms with E-state index in [4.69, 9.17) is 0 Å². The van der Waals surface area contributed by atoms with Crippen molar-refractivity contribution < 1.29 is 8.42 Å². The highest BCUT2D eigenvalue weighted by atomic mass is 79.9. The van der Waals surface area contributed by atoms with Gasteiger partial charge < -0.3 is 0 Å². The van der Waals surface area contributed by atoms with Gasteiger partial charge in [-0.2, -0.15) is 0 Å². The third-order valence-electron chi connectivity index (χ3n) is 2.56. The lowest BCUT2D eigenvalue weighted by Gasteiger charge is -2.12. The number of halogens is 1. The molecule has 0 amide bonds. The Morgan fingerprint density at radius 1 is 1.37 bits per heavy atom. The van der Waals surface area contributed by atoms with E-state index in [9.17, 15) is 8.42 Å². The minimum absolute atomic E-state index is 0.0359. The molecule has 0 spiro atoms. The van der Waals surface area contributed by atoms with Gasteiger partial charge in [0.25, 0.3) is 0 Å². The molecule has 0 bridgehead atoms. The SMILES string of the molecule is CC(CS(=O)(=O)Nc1ncc(Br)s1)c1ccccc1. The van der Waals surface area contributed by atoms with Gasteiger partial charge in [0.15, 0.2) is 5.13 Å². The lowest BCUT2D eigenvalue weighted by atomic mass is 10.0. The first-order chi connectivity index (χ1) is 8.96. The summed E-state index contributed by atoms with van der Waals surface area (Å²) in [6, 6.07) is 9.59. The second kappa shape index (κ2) is 6.02. The van der Waals surface area contributed by atoms with Crippen molar-refractivity contribution in [3.63, 3.8) is 0 Å². The highest BCUT2D eigenvalue weighted by molar-refractivity contribution is 9.11. The average Bonchev–Trinajstić information content (AvgIpc) is 2.74. The normalized spacial score (nSPS) is 13.2. The zero-order chi connectivity index (χ0) is 13.9. The van der Waals surface area contributed by atoms with Crippen molar-refractivity contribution in [3.8, 4) is 0 Å². The third-order valence-corrected chi connectivity index (χ3v) is 5.52. The molecule has 2 aromatic rings. The standard InChI is InChI=1S/C12H13BrN2O2S2/c1-9(10-5-3-2-4-6-10)8-19(16,17)15-12-14-7-11(13)18-12/h2-7,9H,8H2,1H3,(H,14,15). The Bertz CT molecular complexity index is 641. The maximum atomic E-state index is 12.0. The molecule has 0 aliphatic heterocycles. The van der Waals surface area contributed by atoms with Crippen molar-refractivity contribution in [2.24, 2.45) is 0 Å². The van der Waals surface area contributed by atoms with Gasteiger partial charge in [-0.3, -0.25) is 4.72 Å². The van der Waals surface area contributed by atoms with Crippen LogP contribution in [0.5, 0.6) is 0 Å². The van der Waals surface area contributed by atoms with E-state index in [1.807, 2.05) is 37.3 Å². The molecule has 0 aliphatic rings. The Balaban J connectivity index is 2.05. The van der Waals surface area contributed by atoms with E-state index in [0.29, 0.717) is 5.13 Å². The van der Waals surface area contributed by atoms with E-state index in [0.717, 1.165) is 9.35 Å². The number of rotatable bonds is 5. The monoisotopic (exact) mass is 360 g/mol. The van der Waals surface area contributed by atoms with Crippen molar-refractivity contribution >= 4 is 42.4 Å². The van der Waals surface area contributed by atoms with Crippen LogP contribution in [0.15, 0.2) is 40.3 Å². The molecule has 2 rings (SSSR count). The van der Waals surface area contributed by atoms with Crippen LogP contribution in [0, 0.1) is 0 Å². The van der Waals surface area contributed by atoms with Crippen LogP contribution >= 0.6 is 27.3 Å². The molecule has 1 atom stereocenters. The summed E-state index contributed by atoms with van der Waals surface area (Å²) in [5.41, 5.74) is 1.01. The smallest absolute Gasteiger partial charge is 0.235 e. The number of nitrogens with one attached hydrogen (secondary N) is 1. The maximum absolute atomic E-state index is 12.0. The number of hydrogen-bond acceptors (Lipinski definition) is 4. The van der Waals surface area contributed by atoms with Crippen LogP contribution in [0.2, 0.25) is 0 Å². The van der Waals surface area contributed by atoms with Crippen molar-refractivity contribution in [2.45, 2.75) is 12.8 Å². The minimum Gasteiger partial charge on any atom is -0.259 e. The van der Waals surface area contributed by atoms with Gasteiger partial charge in [0.05, 0.1) is 15.7 Å². The number of benzene rings is 1. The predicted octanol–water partition coefficient (Wildman–Crippen LogP) is 3.45. The molecular formula is C12H13BrN2O2S2. The Hall–Kier alpha value is -0.920. The second-order valence-electron chi connectivity index (χ2n) is 4.16. The predicted molar refractivity (Wildman–Crippen MR) is 82.1 cm³/mol. The summed E-state index contributed by atoms with van der Waals surface area (Å²) in [6.07, 6.45) is 1.57. The van der Waals surface area contributed by atoms with Gasteiger partial charge in [-0.05, 0) is 27.4 Å². The molecule has 1 N–H and O–H groups in total. The third kappa shape index (κ3) is 4.29. The minimum atomic E-state index is -3.39. The van der Waals surface area contributed by atoms with Crippen LogP contribution in [0.1, 0.15) is 18.4 Å². The van der Waals surface area contributed by atoms with Gasteiger partial charge in [0.2, 0.25) is 10.0 Å². The highest BCUT2D eigenvalue weighted by Gasteiger charge is 2.18. The Morgan fingerprint density at radius 3 is 2.63 bits per heavy atom.